The minimum absolute atomic E-state index is 0.181. The van der Waals surface area contributed by atoms with Gasteiger partial charge in [-0.3, -0.25) is 0 Å². The lowest BCUT2D eigenvalue weighted by atomic mass is 10.1. The molecule has 1 saturated carbocycles. The maximum atomic E-state index is 12.2. The lowest BCUT2D eigenvalue weighted by Gasteiger charge is -2.21. The number of anilines is 1. The summed E-state index contributed by atoms with van der Waals surface area (Å²) in [5, 5.41) is 22.0. The highest BCUT2D eigenvalue weighted by Crippen LogP contribution is 2.43. The van der Waals surface area contributed by atoms with Gasteiger partial charge in [0.15, 0.2) is 0 Å². The number of hydrogen-bond donors (Lipinski definition) is 3. The molecule has 2 aliphatic rings. The summed E-state index contributed by atoms with van der Waals surface area (Å²) in [6, 6.07) is 7.67. The van der Waals surface area contributed by atoms with Crippen molar-refractivity contribution in [2.75, 3.05) is 25.0 Å². The molecule has 3 N–H and O–H groups in total. The van der Waals surface area contributed by atoms with Crippen molar-refractivity contribution in [1.82, 2.24) is 4.90 Å². The normalized spacial score (nSPS) is 25.8. The fraction of sp³-hybridized carbons (Fsp3) is 0.533. The third kappa shape index (κ3) is 2.64. The van der Waals surface area contributed by atoms with Gasteiger partial charge >= 0.3 is 6.03 Å². The van der Waals surface area contributed by atoms with Gasteiger partial charge in [-0.1, -0.05) is 18.2 Å². The van der Waals surface area contributed by atoms with Gasteiger partial charge in [0.1, 0.15) is 5.60 Å². The number of benzene rings is 1. The second-order valence-electron chi connectivity index (χ2n) is 5.85. The van der Waals surface area contributed by atoms with Crippen LogP contribution in [-0.2, 0) is 0 Å². The third-order valence-corrected chi connectivity index (χ3v) is 4.13. The summed E-state index contributed by atoms with van der Waals surface area (Å²) in [6.45, 7) is 0.338. The van der Waals surface area contributed by atoms with E-state index in [2.05, 4.69) is 11.4 Å². The van der Waals surface area contributed by atoms with E-state index in [1.54, 1.807) is 4.90 Å². The van der Waals surface area contributed by atoms with E-state index in [1.807, 2.05) is 18.2 Å². The molecule has 20 heavy (non-hydrogen) atoms. The van der Waals surface area contributed by atoms with E-state index >= 15 is 0 Å². The highest BCUT2D eigenvalue weighted by molar-refractivity contribution is 5.90. The van der Waals surface area contributed by atoms with Crippen LogP contribution in [0.2, 0.25) is 0 Å². The Bertz CT molecular complexity index is 516. The zero-order valence-electron chi connectivity index (χ0n) is 11.4. The number of carbonyl (C=O) groups is 1. The molecule has 1 aromatic carbocycles. The highest BCUT2D eigenvalue weighted by Gasteiger charge is 2.38. The summed E-state index contributed by atoms with van der Waals surface area (Å²) >= 11 is 0. The second-order valence-corrected chi connectivity index (χ2v) is 5.85. The number of hydrogen-bond acceptors (Lipinski definition) is 3. The molecular formula is C15H20N2O3. The molecular weight excluding hydrogens is 256 g/mol. The molecule has 108 valence electrons. The number of β-amino-alcohol motifs (C(OH)–C–C–N with tert-alkyl or cyclic N) is 1. The summed E-state index contributed by atoms with van der Waals surface area (Å²) in [7, 11) is 0. The van der Waals surface area contributed by atoms with Crippen molar-refractivity contribution in [3.8, 4) is 0 Å². The van der Waals surface area contributed by atoms with E-state index in [1.165, 1.54) is 18.4 Å². The van der Waals surface area contributed by atoms with Gasteiger partial charge in [0.25, 0.3) is 0 Å². The summed E-state index contributed by atoms with van der Waals surface area (Å²) in [6.07, 6.45) is 2.78. The summed E-state index contributed by atoms with van der Waals surface area (Å²) in [4.78, 5) is 13.8. The van der Waals surface area contributed by atoms with Crippen LogP contribution < -0.4 is 5.32 Å². The number of aliphatic hydroxyl groups excluding tert-OH is 1. The quantitative estimate of drug-likeness (QED) is 0.784. The van der Waals surface area contributed by atoms with Gasteiger partial charge in [0, 0.05) is 12.2 Å². The molecule has 1 aromatic rings. The monoisotopic (exact) mass is 276 g/mol. The van der Waals surface area contributed by atoms with Crippen LogP contribution in [0.1, 0.15) is 30.7 Å². The molecule has 5 heteroatoms. The number of nitrogens with one attached hydrogen (secondary N) is 1. The average molecular weight is 276 g/mol. The van der Waals surface area contributed by atoms with Crippen LogP contribution in [0, 0.1) is 0 Å². The molecule has 1 atom stereocenters. The van der Waals surface area contributed by atoms with Crippen molar-refractivity contribution in [2.45, 2.75) is 30.8 Å². The first-order chi connectivity index (χ1) is 9.61. The van der Waals surface area contributed by atoms with Crippen molar-refractivity contribution in [3.63, 3.8) is 0 Å². The predicted molar refractivity (Wildman–Crippen MR) is 75.7 cm³/mol. The zero-order chi connectivity index (χ0) is 14.2. The van der Waals surface area contributed by atoms with Crippen molar-refractivity contribution in [3.05, 3.63) is 29.8 Å². The Morgan fingerprint density at radius 1 is 1.40 bits per heavy atom. The smallest absolute Gasteiger partial charge is 0.321 e. The molecule has 1 saturated heterocycles. The minimum atomic E-state index is -1.15. The minimum Gasteiger partial charge on any atom is -0.393 e. The summed E-state index contributed by atoms with van der Waals surface area (Å²) < 4.78 is 0. The van der Waals surface area contributed by atoms with Crippen LogP contribution in [-0.4, -0.2) is 46.4 Å². The Morgan fingerprint density at radius 3 is 2.80 bits per heavy atom. The molecule has 2 fully saturated rings. The number of carbonyl (C=O) groups excluding carboxylic acids is 1. The van der Waals surface area contributed by atoms with Gasteiger partial charge in [0.2, 0.25) is 0 Å². The van der Waals surface area contributed by atoms with E-state index in [9.17, 15) is 9.90 Å². The maximum absolute atomic E-state index is 12.2. The van der Waals surface area contributed by atoms with E-state index < -0.39 is 5.60 Å². The van der Waals surface area contributed by atoms with Gasteiger partial charge in [-0.15, -0.1) is 0 Å². The van der Waals surface area contributed by atoms with Gasteiger partial charge in [-0.05, 0) is 36.8 Å². The van der Waals surface area contributed by atoms with Crippen molar-refractivity contribution >= 4 is 11.7 Å². The Morgan fingerprint density at radius 2 is 2.15 bits per heavy atom. The third-order valence-electron chi connectivity index (χ3n) is 4.13. The predicted octanol–water partition coefficient (Wildman–Crippen LogP) is 1.52. The van der Waals surface area contributed by atoms with Crippen molar-refractivity contribution < 1.29 is 15.0 Å². The first-order valence-corrected chi connectivity index (χ1v) is 7.09. The summed E-state index contributed by atoms with van der Waals surface area (Å²) in [5.41, 5.74) is 0.907. The number of likely N-dealkylation sites (tertiary alicyclic amines) is 1. The maximum Gasteiger partial charge on any atom is 0.321 e. The van der Waals surface area contributed by atoms with Gasteiger partial charge in [0.05, 0.1) is 13.2 Å². The van der Waals surface area contributed by atoms with Crippen LogP contribution in [0.4, 0.5) is 10.5 Å². The number of urea groups is 1. The van der Waals surface area contributed by atoms with Crippen LogP contribution in [0.15, 0.2) is 24.3 Å². The Balaban J connectivity index is 1.68. The van der Waals surface area contributed by atoms with Gasteiger partial charge in [-0.25, -0.2) is 4.79 Å². The Hall–Kier alpha value is -1.59. The van der Waals surface area contributed by atoms with E-state index in [0.29, 0.717) is 18.9 Å². The fourth-order valence-corrected chi connectivity index (χ4v) is 2.71. The lowest BCUT2D eigenvalue weighted by Crippen LogP contribution is -2.40. The number of nitrogens with zero attached hydrogens (tertiary/aromatic N) is 1. The molecule has 1 aliphatic heterocycles. The molecule has 0 aromatic heterocycles. The fourth-order valence-electron chi connectivity index (χ4n) is 2.71. The number of para-hydroxylation sites is 1. The van der Waals surface area contributed by atoms with E-state index in [4.69, 9.17) is 5.11 Å². The largest absolute Gasteiger partial charge is 0.393 e. The molecule has 3 rings (SSSR count). The standard InChI is InChI=1S/C15H20N2O3/c18-10-15(20)7-8-17(9-15)14(19)16-13-4-2-1-3-12(13)11-5-6-11/h1-4,11,18,20H,5-10H2,(H,16,19)/t15-/m1/s1. The molecule has 0 spiro atoms. The van der Waals surface area contributed by atoms with Gasteiger partial charge in [-0.2, -0.15) is 0 Å². The van der Waals surface area contributed by atoms with E-state index in [-0.39, 0.29) is 19.2 Å². The van der Waals surface area contributed by atoms with Crippen LogP contribution >= 0.6 is 0 Å². The molecule has 2 amide bonds. The molecule has 0 unspecified atom stereocenters. The second kappa shape index (κ2) is 5.07. The first-order valence-electron chi connectivity index (χ1n) is 7.09. The average Bonchev–Trinajstić information content (AvgIpc) is 3.22. The Labute approximate surface area is 118 Å². The molecule has 0 radical (unpaired) electrons. The number of aliphatic hydroxyl groups is 2. The SMILES string of the molecule is O=C(Nc1ccccc1C1CC1)N1CC[C@](O)(CO)C1. The molecule has 1 heterocycles. The van der Waals surface area contributed by atoms with Crippen LogP contribution in [0.25, 0.3) is 0 Å². The number of amides is 2. The first kappa shape index (κ1) is 13.4. The molecule has 5 nitrogen and oxygen atoms in total. The summed E-state index contributed by atoms with van der Waals surface area (Å²) in [5.74, 6) is 0.569. The molecule has 0 bridgehead atoms. The number of rotatable bonds is 3. The highest BCUT2D eigenvalue weighted by atomic mass is 16.3. The lowest BCUT2D eigenvalue weighted by molar-refractivity contribution is -0.00246. The topological polar surface area (TPSA) is 72.8 Å². The molecule has 1 aliphatic carbocycles. The zero-order valence-corrected chi connectivity index (χ0v) is 11.4. The van der Waals surface area contributed by atoms with Crippen molar-refractivity contribution in [2.24, 2.45) is 0 Å². The van der Waals surface area contributed by atoms with Crippen LogP contribution in [0.3, 0.4) is 0 Å². The van der Waals surface area contributed by atoms with E-state index in [0.717, 1.165) is 5.69 Å². The Kier molecular flexibility index (Phi) is 3.40. The van der Waals surface area contributed by atoms with Gasteiger partial charge < -0.3 is 20.4 Å². The van der Waals surface area contributed by atoms with Crippen LogP contribution in [0.5, 0.6) is 0 Å². The van der Waals surface area contributed by atoms with Crippen molar-refractivity contribution in [1.29, 1.82) is 0 Å².